The fourth-order valence-corrected chi connectivity index (χ4v) is 2.98. The number of ether oxygens (including phenoxy) is 1. The van der Waals surface area contributed by atoms with Crippen LogP contribution < -0.4 is 10.1 Å². The second-order valence-corrected chi connectivity index (χ2v) is 5.54. The van der Waals surface area contributed by atoms with Crippen molar-refractivity contribution in [1.82, 2.24) is 10.3 Å². The van der Waals surface area contributed by atoms with Crippen LogP contribution in [0.5, 0.6) is 5.75 Å². The summed E-state index contributed by atoms with van der Waals surface area (Å²) in [6, 6.07) is 4.89. The third kappa shape index (κ3) is 2.77. The molecule has 0 aliphatic heterocycles. The van der Waals surface area contributed by atoms with Gasteiger partial charge in [0.2, 0.25) is 0 Å². The zero-order valence-electron chi connectivity index (χ0n) is 11.5. The zero-order chi connectivity index (χ0) is 14.0. The number of aryl methyl sites for hydroxylation is 2. The minimum Gasteiger partial charge on any atom is -0.494 e. The summed E-state index contributed by atoms with van der Waals surface area (Å²) in [6.07, 6.45) is 0. The lowest BCUT2D eigenvalue weighted by atomic mass is 10.1. The van der Waals surface area contributed by atoms with Gasteiger partial charge in [-0.1, -0.05) is 6.07 Å². The van der Waals surface area contributed by atoms with Crippen LogP contribution in [0.25, 0.3) is 0 Å². The van der Waals surface area contributed by atoms with Crippen LogP contribution in [0.1, 0.15) is 27.2 Å². The van der Waals surface area contributed by atoms with E-state index >= 15 is 0 Å². The Hall–Kier alpha value is -1.46. The number of nitrogens with one attached hydrogen (secondary N) is 1. The van der Waals surface area contributed by atoms with Crippen molar-refractivity contribution in [3.05, 3.63) is 45.2 Å². The van der Waals surface area contributed by atoms with Gasteiger partial charge in [-0.15, -0.1) is 11.3 Å². The van der Waals surface area contributed by atoms with Gasteiger partial charge in [0.25, 0.3) is 0 Å². The van der Waals surface area contributed by atoms with Gasteiger partial charge >= 0.3 is 0 Å². The summed E-state index contributed by atoms with van der Waals surface area (Å²) in [5, 5.41) is 4.13. The summed E-state index contributed by atoms with van der Waals surface area (Å²) in [6.45, 7) is 4.02. The zero-order valence-corrected chi connectivity index (χ0v) is 12.3. The first-order chi connectivity index (χ1) is 9.06. The fourth-order valence-electron chi connectivity index (χ4n) is 1.92. The molecule has 1 unspecified atom stereocenters. The van der Waals surface area contributed by atoms with Gasteiger partial charge in [0.15, 0.2) is 11.6 Å². The van der Waals surface area contributed by atoms with Gasteiger partial charge in [-0.3, -0.25) is 0 Å². The van der Waals surface area contributed by atoms with Crippen LogP contribution in [0.3, 0.4) is 0 Å². The second-order valence-electron chi connectivity index (χ2n) is 4.31. The average molecular weight is 280 g/mol. The maximum absolute atomic E-state index is 13.8. The lowest BCUT2D eigenvalue weighted by Gasteiger charge is -2.14. The summed E-state index contributed by atoms with van der Waals surface area (Å²) in [4.78, 5) is 5.72. The molecule has 2 rings (SSSR count). The van der Waals surface area contributed by atoms with E-state index in [1.807, 2.05) is 27.0 Å². The molecule has 1 aromatic heterocycles. The molecule has 0 amide bonds. The molecule has 3 nitrogen and oxygen atoms in total. The number of hydrogen-bond donors (Lipinski definition) is 1. The number of methoxy groups -OCH3 is 1. The van der Waals surface area contributed by atoms with E-state index in [-0.39, 0.29) is 17.6 Å². The van der Waals surface area contributed by atoms with Crippen LogP contribution >= 0.6 is 11.3 Å². The Bertz CT molecular complexity index is 563. The van der Waals surface area contributed by atoms with Crippen LogP contribution in [0, 0.1) is 19.7 Å². The number of thiazole rings is 1. The third-order valence-electron chi connectivity index (χ3n) is 3.09. The SMILES string of the molecule is CNC(c1ccc(OC)c(F)c1)c1nc(C)c(C)s1. The molecule has 0 aliphatic rings. The summed E-state index contributed by atoms with van der Waals surface area (Å²) in [5.41, 5.74) is 1.86. The lowest BCUT2D eigenvalue weighted by Crippen LogP contribution is -2.17. The molecule has 1 atom stereocenters. The van der Waals surface area contributed by atoms with Crippen molar-refractivity contribution in [1.29, 1.82) is 0 Å². The Kier molecular flexibility index (Phi) is 4.17. The first-order valence-corrected chi connectivity index (χ1v) is 6.83. The highest BCUT2D eigenvalue weighted by atomic mass is 32.1. The lowest BCUT2D eigenvalue weighted by molar-refractivity contribution is 0.386. The van der Waals surface area contributed by atoms with E-state index in [1.54, 1.807) is 17.4 Å². The second kappa shape index (κ2) is 5.67. The minimum atomic E-state index is -0.356. The minimum absolute atomic E-state index is 0.0993. The first-order valence-electron chi connectivity index (χ1n) is 6.01. The molecule has 2 aromatic rings. The van der Waals surface area contributed by atoms with Gasteiger partial charge < -0.3 is 10.1 Å². The summed E-state index contributed by atoms with van der Waals surface area (Å²) in [7, 11) is 3.31. The number of nitrogens with zero attached hydrogens (tertiary/aromatic N) is 1. The van der Waals surface area contributed by atoms with Gasteiger partial charge in [0.1, 0.15) is 5.01 Å². The molecule has 0 saturated heterocycles. The monoisotopic (exact) mass is 280 g/mol. The Labute approximate surface area is 116 Å². The maximum Gasteiger partial charge on any atom is 0.165 e. The predicted molar refractivity (Wildman–Crippen MR) is 75.4 cm³/mol. The van der Waals surface area contributed by atoms with Gasteiger partial charge in [-0.2, -0.15) is 0 Å². The van der Waals surface area contributed by atoms with Crippen LogP contribution in [0.4, 0.5) is 4.39 Å². The molecule has 0 saturated carbocycles. The number of aromatic nitrogens is 1. The molecule has 19 heavy (non-hydrogen) atoms. The molecule has 0 spiro atoms. The van der Waals surface area contributed by atoms with Crippen LogP contribution in [0.15, 0.2) is 18.2 Å². The van der Waals surface area contributed by atoms with E-state index in [0.29, 0.717) is 0 Å². The normalized spacial score (nSPS) is 12.5. The summed E-state index contributed by atoms with van der Waals surface area (Å²) in [5.74, 6) is -0.102. The van der Waals surface area contributed by atoms with E-state index in [9.17, 15) is 4.39 Å². The van der Waals surface area contributed by atoms with Gasteiger partial charge in [-0.25, -0.2) is 9.37 Å². The van der Waals surface area contributed by atoms with E-state index in [1.165, 1.54) is 18.1 Å². The first kappa shape index (κ1) is 14.0. The van der Waals surface area contributed by atoms with Gasteiger partial charge in [0, 0.05) is 4.88 Å². The Balaban J connectivity index is 2.39. The number of hydrogen-bond acceptors (Lipinski definition) is 4. The number of benzene rings is 1. The van der Waals surface area contributed by atoms with Gasteiger partial charge in [-0.05, 0) is 38.6 Å². The van der Waals surface area contributed by atoms with Crippen LogP contribution in [-0.2, 0) is 0 Å². The quantitative estimate of drug-likeness (QED) is 0.933. The van der Waals surface area contributed by atoms with Crippen molar-refractivity contribution in [2.75, 3.05) is 14.2 Å². The van der Waals surface area contributed by atoms with Crippen molar-refractivity contribution < 1.29 is 9.13 Å². The highest BCUT2D eigenvalue weighted by Gasteiger charge is 2.18. The molecule has 0 aliphatic carbocycles. The van der Waals surface area contributed by atoms with Crippen LogP contribution in [-0.4, -0.2) is 19.1 Å². The molecule has 5 heteroatoms. The Morgan fingerprint density at radius 1 is 1.37 bits per heavy atom. The molecule has 1 N–H and O–H groups in total. The van der Waals surface area contributed by atoms with E-state index in [2.05, 4.69) is 10.3 Å². The summed E-state index contributed by atoms with van der Waals surface area (Å²) >= 11 is 1.63. The van der Waals surface area contributed by atoms with Crippen molar-refractivity contribution >= 4 is 11.3 Å². The smallest absolute Gasteiger partial charge is 0.165 e. The Morgan fingerprint density at radius 3 is 2.58 bits per heavy atom. The molecular weight excluding hydrogens is 263 g/mol. The van der Waals surface area contributed by atoms with E-state index in [0.717, 1.165) is 16.3 Å². The van der Waals surface area contributed by atoms with E-state index < -0.39 is 0 Å². The third-order valence-corrected chi connectivity index (χ3v) is 4.23. The molecule has 0 bridgehead atoms. The average Bonchev–Trinajstić information content (AvgIpc) is 2.70. The number of rotatable bonds is 4. The molecular formula is C14H17FN2OS. The number of halogens is 1. The highest BCUT2D eigenvalue weighted by Crippen LogP contribution is 2.29. The fraction of sp³-hybridized carbons (Fsp3) is 0.357. The van der Waals surface area contributed by atoms with Crippen molar-refractivity contribution in [2.24, 2.45) is 0 Å². The van der Waals surface area contributed by atoms with Crippen molar-refractivity contribution in [3.63, 3.8) is 0 Å². The maximum atomic E-state index is 13.8. The van der Waals surface area contributed by atoms with Crippen LogP contribution in [0.2, 0.25) is 0 Å². The largest absolute Gasteiger partial charge is 0.494 e. The molecule has 102 valence electrons. The molecule has 0 fully saturated rings. The van der Waals surface area contributed by atoms with Gasteiger partial charge in [0.05, 0.1) is 18.8 Å². The van der Waals surface area contributed by atoms with Crippen molar-refractivity contribution in [3.8, 4) is 5.75 Å². The Morgan fingerprint density at radius 2 is 2.11 bits per heavy atom. The topological polar surface area (TPSA) is 34.1 Å². The van der Waals surface area contributed by atoms with Crippen molar-refractivity contribution in [2.45, 2.75) is 19.9 Å². The molecule has 1 aromatic carbocycles. The summed E-state index contributed by atoms with van der Waals surface area (Å²) < 4.78 is 18.7. The molecule has 1 heterocycles. The molecule has 0 radical (unpaired) electrons. The highest BCUT2D eigenvalue weighted by molar-refractivity contribution is 7.11. The predicted octanol–water partition coefficient (Wildman–Crippen LogP) is 3.22. The standard InChI is InChI=1S/C14H17FN2OS/c1-8-9(2)19-14(17-8)13(16-3)10-5-6-12(18-4)11(15)7-10/h5-7,13,16H,1-4H3. The van der Waals surface area contributed by atoms with E-state index in [4.69, 9.17) is 4.74 Å².